The lowest BCUT2D eigenvalue weighted by molar-refractivity contribution is -0.0587. The molecule has 92 valence electrons. The number of Topliss-reactive ketones (excluding diaryl/α,β-unsaturated/α-hetero) is 1. The first kappa shape index (κ1) is 12.4. The number of hydrogen-bond donors (Lipinski definition) is 0. The Bertz CT molecular complexity index is 458. The van der Waals surface area contributed by atoms with E-state index in [0.29, 0.717) is 22.8 Å². The molecule has 0 radical (unpaired) electrons. The summed E-state index contributed by atoms with van der Waals surface area (Å²) in [5, 5.41) is 0.545. The standard InChI is InChI=1S/C13H15ClO3/c1-8(16-3)13(2)7-11(15)10-6-9(14)4-5-12(10)17-13/h4-6,8H,7H2,1-3H3. The van der Waals surface area contributed by atoms with E-state index in [0.717, 1.165) is 0 Å². The number of ether oxygens (including phenoxy) is 2. The van der Waals surface area contributed by atoms with E-state index in [4.69, 9.17) is 21.1 Å². The topological polar surface area (TPSA) is 35.5 Å². The Morgan fingerprint density at radius 1 is 1.53 bits per heavy atom. The molecule has 0 saturated heterocycles. The highest BCUT2D eigenvalue weighted by molar-refractivity contribution is 6.31. The van der Waals surface area contributed by atoms with E-state index in [2.05, 4.69) is 0 Å². The third-order valence-electron chi connectivity index (χ3n) is 3.31. The van der Waals surface area contributed by atoms with Gasteiger partial charge in [0, 0.05) is 12.1 Å². The van der Waals surface area contributed by atoms with Gasteiger partial charge in [-0.1, -0.05) is 11.6 Å². The summed E-state index contributed by atoms with van der Waals surface area (Å²) < 4.78 is 11.2. The van der Waals surface area contributed by atoms with Crippen LogP contribution in [-0.4, -0.2) is 24.6 Å². The first-order chi connectivity index (χ1) is 7.96. The average molecular weight is 255 g/mol. The SMILES string of the molecule is COC(C)C1(C)CC(=O)c2cc(Cl)ccc2O1. The molecule has 0 spiro atoms. The second kappa shape index (κ2) is 4.31. The normalized spacial score (nSPS) is 25.1. The Morgan fingerprint density at radius 2 is 2.24 bits per heavy atom. The Hall–Kier alpha value is -1.06. The van der Waals surface area contributed by atoms with Gasteiger partial charge < -0.3 is 9.47 Å². The summed E-state index contributed by atoms with van der Waals surface area (Å²) in [4.78, 5) is 12.1. The van der Waals surface area contributed by atoms with Crippen molar-refractivity contribution in [1.29, 1.82) is 0 Å². The summed E-state index contributed by atoms with van der Waals surface area (Å²) in [6.07, 6.45) is 0.144. The van der Waals surface area contributed by atoms with E-state index in [9.17, 15) is 4.79 Å². The number of methoxy groups -OCH3 is 1. The summed E-state index contributed by atoms with van der Waals surface area (Å²) >= 11 is 5.87. The highest BCUT2D eigenvalue weighted by Gasteiger charge is 2.41. The molecule has 1 aliphatic rings. The molecule has 1 aliphatic heterocycles. The zero-order chi connectivity index (χ0) is 12.6. The van der Waals surface area contributed by atoms with Crippen molar-refractivity contribution in [3.05, 3.63) is 28.8 Å². The van der Waals surface area contributed by atoms with Crippen LogP contribution < -0.4 is 4.74 Å². The minimum absolute atomic E-state index is 0.0418. The van der Waals surface area contributed by atoms with E-state index in [1.54, 1.807) is 25.3 Å². The fourth-order valence-electron chi connectivity index (χ4n) is 1.99. The van der Waals surface area contributed by atoms with Crippen LogP contribution in [0.5, 0.6) is 5.75 Å². The number of carbonyl (C=O) groups is 1. The van der Waals surface area contributed by atoms with Gasteiger partial charge in [0.1, 0.15) is 11.4 Å². The van der Waals surface area contributed by atoms with Crippen LogP contribution in [0.2, 0.25) is 5.02 Å². The first-order valence-corrected chi connectivity index (χ1v) is 5.88. The largest absolute Gasteiger partial charge is 0.484 e. The van der Waals surface area contributed by atoms with Crippen molar-refractivity contribution in [1.82, 2.24) is 0 Å². The number of benzene rings is 1. The van der Waals surface area contributed by atoms with Gasteiger partial charge in [-0.25, -0.2) is 0 Å². The van der Waals surface area contributed by atoms with Crippen LogP contribution in [0.3, 0.4) is 0 Å². The van der Waals surface area contributed by atoms with Crippen molar-refractivity contribution >= 4 is 17.4 Å². The van der Waals surface area contributed by atoms with Crippen LogP contribution in [0.1, 0.15) is 30.6 Å². The molecule has 0 aromatic heterocycles. The fourth-order valence-corrected chi connectivity index (χ4v) is 2.16. The van der Waals surface area contributed by atoms with E-state index < -0.39 is 5.60 Å². The molecule has 1 aromatic rings. The third-order valence-corrected chi connectivity index (χ3v) is 3.55. The molecule has 0 aliphatic carbocycles. The number of rotatable bonds is 2. The van der Waals surface area contributed by atoms with E-state index in [-0.39, 0.29) is 11.9 Å². The van der Waals surface area contributed by atoms with E-state index >= 15 is 0 Å². The van der Waals surface area contributed by atoms with Crippen LogP contribution in [0.4, 0.5) is 0 Å². The van der Waals surface area contributed by atoms with Crippen molar-refractivity contribution in [3.63, 3.8) is 0 Å². The number of hydrogen-bond acceptors (Lipinski definition) is 3. The predicted octanol–water partition coefficient (Wildman–Crippen LogP) is 3.10. The Labute approximate surface area is 106 Å². The van der Waals surface area contributed by atoms with Gasteiger partial charge in [0.2, 0.25) is 0 Å². The van der Waals surface area contributed by atoms with Crippen molar-refractivity contribution in [2.45, 2.75) is 32.0 Å². The van der Waals surface area contributed by atoms with Crippen molar-refractivity contribution < 1.29 is 14.3 Å². The molecule has 0 bridgehead atoms. The maximum Gasteiger partial charge on any atom is 0.170 e. The van der Waals surface area contributed by atoms with Crippen molar-refractivity contribution in [3.8, 4) is 5.75 Å². The Kier molecular flexibility index (Phi) is 3.15. The number of halogens is 1. The lowest BCUT2D eigenvalue weighted by Crippen LogP contribution is -2.48. The van der Waals surface area contributed by atoms with Crippen molar-refractivity contribution in [2.75, 3.05) is 7.11 Å². The second-order valence-corrected chi connectivity index (χ2v) is 4.97. The van der Waals surface area contributed by atoms with Gasteiger partial charge in [0.15, 0.2) is 5.78 Å². The first-order valence-electron chi connectivity index (χ1n) is 5.51. The molecule has 2 atom stereocenters. The number of carbonyl (C=O) groups excluding carboxylic acids is 1. The van der Waals surface area contributed by atoms with Gasteiger partial charge in [0.25, 0.3) is 0 Å². The molecule has 0 fully saturated rings. The van der Waals surface area contributed by atoms with Gasteiger partial charge in [-0.3, -0.25) is 4.79 Å². The zero-order valence-electron chi connectivity index (χ0n) is 10.1. The highest BCUT2D eigenvalue weighted by atomic mass is 35.5. The van der Waals surface area contributed by atoms with E-state index in [1.165, 1.54) is 0 Å². The highest BCUT2D eigenvalue weighted by Crippen LogP contribution is 2.36. The maximum atomic E-state index is 12.1. The molecule has 0 amide bonds. The van der Waals surface area contributed by atoms with Crippen LogP contribution >= 0.6 is 11.6 Å². The summed E-state index contributed by atoms with van der Waals surface area (Å²) in [5.41, 5.74) is -0.0644. The summed E-state index contributed by atoms with van der Waals surface area (Å²) in [6, 6.07) is 5.10. The summed E-state index contributed by atoms with van der Waals surface area (Å²) in [5.74, 6) is 0.622. The molecular weight excluding hydrogens is 240 g/mol. The lowest BCUT2D eigenvalue weighted by atomic mass is 9.87. The molecule has 1 aromatic carbocycles. The lowest BCUT2D eigenvalue weighted by Gasteiger charge is -2.38. The Balaban J connectivity index is 2.40. The monoisotopic (exact) mass is 254 g/mol. The van der Waals surface area contributed by atoms with Gasteiger partial charge in [-0.05, 0) is 32.0 Å². The fraction of sp³-hybridized carbons (Fsp3) is 0.462. The molecule has 0 N–H and O–H groups in total. The average Bonchev–Trinajstić information content (AvgIpc) is 2.29. The molecule has 4 heteroatoms. The summed E-state index contributed by atoms with van der Waals surface area (Å²) in [6.45, 7) is 3.78. The minimum atomic E-state index is -0.618. The molecule has 0 saturated carbocycles. The maximum absolute atomic E-state index is 12.1. The van der Waals surface area contributed by atoms with Gasteiger partial charge in [-0.15, -0.1) is 0 Å². The third kappa shape index (κ3) is 2.17. The molecule has 17 heavy (non-hydrogen) atoms. The zero-order valence-corrected chi connectivity index (χ0v) is 10.9. The number of fused-ring (bicyclic) bond motifs is 1. The van der Waals surface area contributed by atoms with Crippen LogP contribution in [0, 0.1) is 0 Å². The molecule has 3 nitrogen and oxygen atoms in total. The molecule has 1 heterocycles. The Morgan fingerprint density at radius 3 is 2.88 bits per heavy atom. The minimum Gasteiger partial charge on any atom is -0.484 e. The van der Waals surface area contributed by atoms with Crippen LogP contribution in [0.15, 0.2) is 18.2 Å². The van der Waals surface area contributed by atoms with E-state index in [1.807, 2.05) is 13.8 Å². The molecule has 2 unspecified atom stereocenters. The van der Waals surface area contributed by atoms with Gasteiger partial charge in [0.05, 0.1) is 18.1 Å². The van der Waals surface area contributed by atoms with Crippen molar-refractivity contribution in [2.24, 2.45) is 0 Å². The van der Waals surface area contributed by atoms with Gasteiger partial charge >= 0.3 is 0 Å². The smallest absolute Gasteiger partial charge is 0.170 e. The molecule has 2 rings (SSSR count). The van der Waals surface area contributed by atoms with Crippen LogP contribution in [0.25, 0.3) is 0 Å². The van der Waals surface area contributed by atoms with Gasteiger partial charge in [-0.2, -0.15) is 0 Å². The number of ketones is 1. The quantitative estimate of drug-likeness (QED) is 0.814. The predicted molar refractivity (Wildman–Crippen MR) is 65.9 cm³/mol. The van der Waals surface area contributed by atoms with Crippen LogP contribution in [-0.2, 0) is 4.74 Å². The second-order valence-electron chi connectivity index (χ2n) is 4.53. The summed E-state index contributed by atoms with van der Waals surface area (Å²) in [7, 11) is 1.61. The molecular formula is C13H15ClO3.